The van der Waals surface area contributed by atoms with Gasteiger partial charge >= 0.3 is 7.82 Å². The number of benzene rings is 1. The van der Waals surface area contributed by atoms with Gasteiger partial charge in [-0.15, -0.1) is 0 Å². The lowest BCUT2D eigenvalue weighted by Crippen LogP contribution is -2.05. The number of phosphoric acid groups is 1. The molecule has 0 N–H and O–H groups in total. The summed E-state index contributed by atoms with van der Waals surface area (Å²) in [6.45, 7) is 3.63. The summed E-state index contributed by atoms with van der Waals surface area (Å²) in [5.74, 6) is 0.433. The average molecular weight is 318 g/mol. The van der Waals surface area contributed by atoms with Gasteiger partial charge in [0.05, 0.1) is 27.4 Å². The summed E-state index contributed by atoms with van der Waals surface area (Å²) in [6, 6.07) is 2.88. The Kier molecular flexibility index (Phi) is 6.68. The Labute approximate surface area is 123 Å². The van der Waals surface area contributed by atoms with Crippen LogP contribution in [0.1, 0.15) is 24.2 Å². The van der Waals surface area contributed by atoms with E-state index in [0.717, 1.165) is 0 Å². The third kappa shape index (κ3) is 4.46. The van der Waals surface area contributed by atoms with Gasteiger partial charge in [0, 0.05) is 5.56 Å². The molecular weight excluding hydrogens is 299 g/mol. The first kappa shape index (κ1) is 17.5. The average Bonchev–Trinajstić information content (AvgIpc) is 2.47. The molecule has 0 atom stereocenters. The fraction of sp³-hybridized carbons (Fsp3) is 0.462. The first-order valence-corrected chi connectivity index (χ1v) is 7.79. The monoisotopic (exact) mass is 318 g/mol. The van der Waals surface area contributed by atoms with Crippen LogP contribution in [0.5, 0.6) is 17.2 Å². The molecule has 21 heavy (non-hydrogen) atoms. The van der Waals surface area contributed by atoms with E-state index < -0.39 is 7.82 Å². The van der Waals surface area contributed by atoms with Gasteiger partial charge in [0.25, 0.3) is 0 Å². The van der Waals surface area contributed by atoms with Crippen molar-refractivity contribution < 1.29 is 32.4 Å². The van der Waals surface area contributed by atoms with Gasteiger partial charge in [-0.05, 0) is 26.0 Å². The molecular formula is C13H19O7P. The number of phosphoric ester groups is 1. The van der Waals surface area contributed by atoms with Crippen molar-refractivity contribution in [1.29, 1.82) is 0 Å². The highest BCUT2D eigenvalue weighted by Gasteiger charge is 2.31. The second-order valence-corrected chi connectivity index (χ2v) is 5.34. The predicted molar refractivity (Wildman–Crippen MR) is 76.4 cm³/mol. The van der Waals surface area contributed by atoms with E-state index in [0.29, 0.717) is 11.8 Å². The Morgan fingerprint density at radius 1 is 1.05 bits per heavy atom. The first-order valence-electron chi connectivity index (χ1n) is 6.33. The summed E-state index contributed by atoms with van der Waals surface area (Å²) in [5.41, 5.74) is 0.332. The maximum atomic E-state index is 12.4. The van der Waals surface area contributed by atoms with Crippen LogP contribution in [-0.4, -0.2) is 33.7 Å². The highest BCUT2D eigenvalue weighted by molar-refractivity contribution is 7.48. The molecule has 0 saturated carbocycles. The highest BCUT2D eigenvalue weighted by atomic mass is 31.2. The molecule has 0 fully saturated rings. The summed E-state index contributed by atoms with van der Waals surface area (Å²) >= 11 is 0. The zero-order valence-corrected chi connectivity index (χ0v) is 13.3. The van der Waals surface area contributed by atoms with E-state index >= 15 is 0 Å². The summed E-state index contributed by atoms with van der Waals surface area (Å²) in [6.07, 6.45) is 0.638. The van der Waals surface area contributed by atoms with Crippen molar-refractivity contribution in [3.8, 4) is 17.2 Å². The van der Waals surface area contributed by atoms with E-state index in [1.54, 1.807) is 13.8 Å². The fourth-order valence-corrected chi connectivity index (χ4v) is 2.79. The molecule has 0 aliphatic heterocycles. The normalized spacial score (nSPS) is 11.0. The summed E-state index contributed by atoms with van der Waals surface area (Å²) in [4.78, 5) is 10.9. The molecule has 0 unspecified atom stereocenters. The number of hydrogen-bond acceptors (Lipinski definition) is 7. The van der Waals surface area contributed by atoms with Gasteiger partial charge in [0.2, 0.25) is 5.75 Å². The lowest BCUT2D eigenvalue weighted by atomic mass is 10.2. The Balaban J connectivity index is 3.27. The molecule has 0 bridgehead atoms. The Morgan fingerprint density at radius 3 is 1.86 bits per heavy atom. The minimum atomic E-state index is -3.79. The molecule has 0 aliphatic rings. The molecule has 118 valence electrons. The minimum Gasteiger partial charge on any atom is -0.493 e. The van der Waals surface area contributed by atoms with Gasteiger partial charge in [-0.2, -0.15) is 0 Å². The topological polar surface area (TPSA) is 80.3 Å². The van der Waals surface area contributed by atoms with E-state index in [4.69, 9.17) is 23.0 Å². The van der Waals surface area contributed by atoms with E-state index in [9.17, 15) is 9.36 Å². The van der Waals surface area contributed by atoms with E-state index in [-0.39, 0.29) is 30.5 Å². The SMILES string of the molecule is CCOP(=O)(OCC)Oc1c(OC)cc(C=O)cc1OC. The van der Waals surface area contributed by atoms with E-state index in [2.05, 4.69) is 0 Å². The maximum absolute atomic E-state index is 12.4. The molecule has 0 heterocycles. The molecule has 8 heteroatoms. The van der Waals surface area contributed by atoms with Gasteiger partial charge in [-0.3, -0.25) is 13.8 Å². The number of rotatable bonds is 9. The molecule has 0 radical (unpaired) electrons. The summed E-state index contributed by atoms with van der Waals surface area (Å²) in [7, 11) is -1.01. The van der Waals surface area contributed by atoms with Crippen LogP contribution in [0.25, 0.3) is 0 Å². The van der Waals surface area contributed by atoms with Gasteiger partial charge in [-0.25, -0.2) is 4.57 Å². The lowest BCUT2D eigenvalue weighted by molar-refractivity contribution is 0.112. The van der Waals surface area contributed by atoms with Crippen LogP contribution in [0, 0.1) is 0 Å². The molecule has 0 aromatic heterocycles. The quantitative estimate of drug-likeness (QED) is 0.511. The van der Waals surface area contributed by atoms with Crippen LogP contribution in [-0.2, 0) is 13.6 Å². The van der Waals surface area contributed by atoms with Gasteiger partial charge < -0.3 is 14.0 Å². The standard InChI is InChI=1S/C13H19O7P/c1-5-18-21(15,19-6-2)20-13-11(16-3)7-10(9-14)8-12(13)17-4/h7-9H,5-6H2,1-4H3. The van der Waals surface area contributed by atoms with Crippen molar-refractivity contribution in [3.63, 3.8) is 0 Å². The van der Waals surface area contributed by atoms with Crippen LogP contribution in [0.15, 0.2) is 12.1 Å². The Morgan fingerprint density at radius 2 is 1.52 bits per heavy atom. The molecule has 0 spiro atoms. The Bertz CT molecular complexity index is 494. The molecule has 0 aliphatic carbocycles. The number of aldehydes is 1. The summed E-state index contributed by atoms with van der Waals surface area (Å²) < 4.78 is 38.2. The first-order chi connectivity index (χ1) is 10.0. The summed E-state index contributed by atoms with van der Waals surface area (Å²) in [5, 5.41) is 0. The van der Waals surface area contributed by atoms with E-state index in [1.807, 2.05) is 0 Å². The molecule has 1 aromatic carbocycles. The molecule has 7 nitrogen and oxygen atoms in total. The van der Waals surface area contributed by atoms with Crippen LogP contribution < -0.4 is 14.0 Å². The zero-order chi connectivity index (χ0) is 15.9. The third-order valence-electron chi connectivity index (χ3n) is 2.40. The molecule has 1 rings (SSSR count). The third-order valence-corrected chi connectivity index (χ3v) is 3.95. The second kappa shape index (κ2) is 8.02. The van der Waals surface area contributed by atoms with Crippen molar-refractivity contribution in [2.24, 2.45) is 0 Å². The highest BCUT2D eigenvalue weighted by Crippen LogP contribution is 2.54. The molecule has 1 aromatic rings. The van der Waals surface area contributed by atoms with Crippen molar-refractivity contribution >= 4 is 14.1 Å². The van der Waals surface area contributed by atoms with Crippen molar-refractivity contribution in [2.75, 3.05) is 27.4 Å². The maximum Gasteiger partial charge on any atom is 0.530 e. The second-order valence-electron chi connectivity index (χ2n) is 3.75. The number of carbonyl (C=O) groups is 1. The van der Waals surface area contributed by atoms with Crippen LogP contribution in [0.3, 0.4) is 0 Å². The van der Waals surface area contributed by atoms with Crippen LogP contribution >= 0.6 is 7.82 Å². The zero-order valence-electron chi connectivity index (χ0n) is 12.5. The van der Waals surface area contributed by atoms with Crippen LogP contribution in [0.4, 0.5) is 0 Å². The number of ether oxygens (including phenoxy) is 2. The van der Waals surface area contributed by atoms with E-state index in [1.165, 1.54) is 26.4 Å². The molecule has 0 amide bonds. The fourth-order valence-electron chi connectivity index (χ4n) is 1.58. The largest absolute Gasteiger partial charge is 0.530 e. The lowest BCUT2D eigenvalue weighted by Gasteiger charge is -2.20. The van der Waals surface area contributed by atoms with Gasteiger partial charge in [-0.1, -0.05) is 0 Å². The molecule has 0 saturated heterocycles. The van der Waals surface area contributed by atoms with Crippen molar-refractivity contribution in [1.82, 2.24) is 0 Å². The van der Waals surface area contributed by atoms with Crippen molar-refractivity contribution in [2.45, 2.75) is 13.8 Å². The smallest absolute Gasteiger partial charge is 0.493 e. The number of methoxy groups -OCH3 is 2. The van der Waals surface area contributed by atoms with Crippen LogP contribution in [0.2, 0.25) is 0 Å². The predicted octanol–water partition coefficient (Wildman–Crippen LogP) is 3.08. The van der Waals surface area contributed by atoms with Crippen molar-refractivity contribution in [3.05, 3.63) is 17.7 Å². The van der Waals surface area contributed by atoms with Gasteiger partial charge in [0.1, 0.15) is 6.29 Å². The number of hydrogen-bond donors (Lipinski definition) is 0. The minimum absolute atomic E-state index is 0.0517. The van der Waals surface area contributed by atoms with Gasteiger partial charge in [0.15, 0.2) is 11.5 Å². The number of carbonyl (C=O) groups excluding carboxylic acids is 1. The Hall–Kier alpha value is -1.56.